The van der Waals surface area contributed by atoms with Crippen molar-refractivity contribution in [3.8, 4) is 0 Å². The van der Waals surface area contributed by atoms with Crippen LogP contribution < -0.4 is 10.2 Å². The van der Waals surface area contributed by atoms with E-state index in [0.717, 1.165) is 36.4 Å². The average molecular weight is 262 g/mol. The number of fused-ring (bicyclic) bond motifs is 1. The maximum Gasteiger partial charge on any atom is 0.226 e. The average Bonchev–Trinajstić information content (AvgIpc) is 2.88. The number of aromatic nitrogens is 4. The van der Waals surface area contributed by atoms with Crippen molar-refractivity contribution in [2.75, 3.05) is 23.3 Å². The highest BCUT2D eigenvalue weighted by Gasteiger charge is 2.18. The van der Waals surface area contributed by atoms with E-state index in [-0.39, 0.29) is 0 Å². The molecule has 1 atom stereocenters. The minimum atomic E-state index is 0.437. The van der Waals surface area contributed by atoms with E-state index < -0.39 is 0 Å². The number of nitrogens with one attached hydrogen (secondary N) is 2. The molecule has 0 saturated heterocycles. The Kier molecular flexibility index (Phi) is 4.19. The van der Waals surface area contributed by atoms with Crippen LogP contribution in [-0.2, 0) is 0 Å². The molecule has 2 heterocycles. The lowest BCUT2D eigenvalue weighted by Crippen LogP contribution is -2.33. The standard InChI is InChI=1S/C13H22N6/c1-5-9(4)19(7-3)12-10-8-15-18-11(10)16-13(17-12)14-6-2/h8-9H,5-7H2,1-4H3,(H2,14,15,16,17,18). The summed E-state index contributed by atoms with van der Waals surface area (Å²) in [6.07, 6.45) is 2.87. The van der Waals surface area contributed by atoms with Gasteiger partial charge in [0.2, 0.25) is 5.95 Å². The van der Waals surface area contributed by atoms with E-state index >= 15 is 0 Å². The van der Waals surface area contributed by atoms with Crippen LogP contribution >= 0.6 is 0 Å². The van der Waals surface area contributed by atoms with Crippen molar-refractivity contribution in [1.29, 1.82) is 0 Å². The molecule has 0 aliphatic carbocycles. The van der Waals surface area contributed by atoms with Gasteiger partial charge in [0.05, 0.1) is 11.6 Å². The molecule has 0 radical (unpaired) electrons. The summed E-state index contributed by atoms with van der Waals surface area (Å²) in [6.45, 7) is 10.3. The van der Waals surface area contributed by atoms with Gasteiger partial charge < -0.3 is 10.2 Å². The smallest absolute Gasteiger partial charge is 0.226 e. The van der Waals surface area contributed by atoms with Gasteiger partial charge in [0, 0.05) is 19.1 Å². The molecule has 2 aromatic heterocycles. The number of aromatic amines is 1. The van der Waals surface area contributed by atoms with Gasteiger partial charge in [-0.05, 0) is 27.2 Å². The number of H-pyrrole nitrogens is 1. The lowest BCUT2D eigenvalue weighted by Gasteiger charge is -2.28. The molecule has 0 bridgehead atoms. The number of nitrogens with zero attached hydrogens (tertiary/aromatic N) is 4. The van der Waals surface area contributed by atoms with E-state index in [2.05, 4.69) is 51.2 Å². The first kappa shape index (κ1) is 13.6. The summed E-state index contributed by atoms with van der Waals surface area (Å²) < 4.78 is 0. The van der Waals surface area contributed by atoms with Crippen molar-refractivity contribution in [2.24, 2.45) is 0 Å². The SMILES string of the molecule is CCNc1nc(N(CC)C(C)CC)c2cn[nH]c2n1. The molecule has 0 aliphatic rings. The Morgan fingerprint density at radius 2 is 2.11 bits per heavy atom. The van der Waals surface area contributed by atoms with Gasteiger partial charge in [-0.3, -0.25) is 5.10 Å². The van der Waals surface area contributed by atoms with Crippen LogP contribution in [0, 0.1) is 0 Å². The molecule has 104 valence electrons. The van der Waals surface area contributed by atoms with Crippen LogP contribution in [0.4, 0.5) is 11.8 Å². The molecule has 6 heteroatoms. The van der Waals surface area contributed by atoms with E-state index in [9.17, 15) is 0 Å². The van der Waals surface area contributed by atoms with Crippen LogP contribution in [-0.4, -0.2) is 39.3 Å². The van der Waals surface area contributed by atoms with Crippen molar-refractivity contribution in [1.82, 2.24) is 20.2 Å². The maximum atomic E-state index is 4.65. The van der Waals surface area contributed by atoms with E-state index in [4.69, 9.17) is 0 Å². The fourth-order valence-corrected chi connectivity index (χ4v) is 2.17. The van der Waals surface area contributed by atoms with Gasteiger partial charge in [0.15, 0.2) is 5.65 Å². The van der Waals surface area contributed by atoms with Crippen LogP contribution in [0.2, 0.25) is 0 Å². The lowest BCUT2D eigenvalue weighted by molar-refractivity contribution is 0.625. The van der Waals surface area contributed by atoms with Crippen LogP contribution in [0.15, 0.2) is 6.20 Å². The molecule has 1 unspecified atom stereocenters. The van der Waals surface area contributed by atoms with E-state index in [1.54, 1.807) is 6.20 Å². The Morgan fingerprint density at radius 3 is 2.74 bits per heavy atom. The van der Waals surface area contributed by atoms with Crippen molar-refractivity contribution >= 4 is 22.8 Å². The van der Waals surface area contributed by atoms with Crippen molar-refractivity contribution in [3.63, 3.8) is 0 Å². The quantitative estimate of drug-likeness (QED) is 0.836. The van der Waals surface area contributed by atoms with Gasteiger partial charge in [-0.1, -0.05) is 6.92 Å². The van der Waals surface area contributed by atoms with Gasteiger partial charge >= 0.3 is 0 Å². The first-order chi connectivity index (χ1) is 9.21. The number of anilines is 2. The third-order valence-electron chi connectivity index (χ3n) is 3.36. The molecule has 0 spiro atoms. The summed E-state index contributed by atoms with van der Waals surface area (Å²) in [5.41, 5.74) is 0.780. The second-order valence-corrected chi connectivity index (χ2v) is 4.58. The normalized spacial score (nSPS) is 12.6. The Balaban J connectivity index is 2.52. The summed E-state index contributed by atoms with van der Waals surface area (Å²) in [6, 6.07) is 0.437. The second kappa shape index (κ2) is 5.86. The summed E-state index contributed by atoms with van der Waals surface area (Å²) in [7, 11) is 0. The number of hydrogen-bond acceptors (Lipinski definition) is 5. The van der Waals surface area contributed by atoms with Crippen LogP contribution in [0.5, 0.6) is 0 Å². The molecule has 0 saturated carbocycles. The molecule has 2 aromatic rings. The fraction of sp³-hybridized carbons (Fsp3) is 0.615. The largest absolute Gasteiger partial charge is 0.354 e. The molecule has 0 fully saturated rings. The Hall–Kier alpha value is -1.85. The van der Waals surface area contributed by atoms with Crippen molar-refractivity contribution < 1.29 is 0 Å². The zero-order valence-electron chi connectivity index (χ0n) is 12.1. The lowest BCUT2D eigenvalue weighted by atomic mass is 10.2. The van der Waals surface area contributed by atoms with Gasteiger partial charge in [0.25, 0.3) is 0 Å². The molecule has 0 aliphatic heterocycles. The monoisotopic (exact) mass is 262 g/mol. The molecular weight excluding hydrogens is 240 g/mol. The molecule has 19 heavy (non-hydrogen) atoms. The molecule has 2 rings (SSSR count). The Morgan fingerprint density at radius 1 is 1.32 bits per heavy atom. The topological polar surface area (TPSA) is 69.7 Å². The summed E-state index contributed by atoms with van der Waals surface area (Å²) in [5, 5.41) is 11.2. The van der Waals surface area contributed by atoms with Crippen molar-refractivity contribution in [3.05, 3.63) is 6.20 Å². The van der Waals surface area contributed by atoms with E-state index in [1.165, 1.54) is 0 Å². The van der Waals surface area contributed by atoms with Gasteiger partial charge in [-0.2, -0.15) is 15.1 Å². The number of hydrogen-bond donors (Lipinski definition) is 2. The molecule has 6 nitrogen and oxygen atoms in total. The van der Waals surface area contributed by atoms with Crippen LogP contribution in [0.25, 0.3) is 11.0 Å². The van der Waals surface area contributed by atoms with E-state index in [1.807, 2.05) is 6.92 Å². The summed E-state index contributed by atoms with van der Waals surface area (Å²) in [4.78, 5) is 11.4. The minimum absolute atomic E-state index is 0.437. The highest BCUT2D eigenvalue weighted by atomic mass is 15.3. The van der Waals surface area contributed by atoms with Gasteiger partial charge in [-0.15, -0.1) is 0 Å². The second-order valence-electron chi connectivity index (χ2n) is 4.58. The molecular formula is C13H22N6. The molecule has 0 amide bonds. The minimum Gasteiger partial charge on any atom is -0.354 e. The third-order valence-corrected chi connectivity index (χ3v) is 3.36. The van der Waals surface area contributed by atoms with Crippen molar-refractivity contribution in [2.45, 2.75) is 40.2 Å². The van der Waals surface area contributed by atoms with Gasteiger partial charge in [-0.25, -0.2) is 0 Å². The third kappa shape index (κ3) is 2.62. The number of rotatable bonds is 6. The highest BCUT2D eigenvalue weighted by molar-refractivity contribution is 5.87. The summed E-state index contributed by atoms with van der Waals surface area (Å²) in [5.74, 6) is 1.60. The first-order valence-corrected chi connectivity index (χ1v) is 6.92. The van der Waals surface area contributed by atoms with Crippen LogP contribution in [0.1, 0.15) is 34.1 Å². The molecule has 0 aromatic carbocycles. The molecule has 2 N–H and O–H groups in total. The first-order valence-electron chi connectivity index (χ1n) is 6.92. The fourth-order valence-electron chi connectivity index (χ4n) is 2.17. The van der Waals surface area contributed by atoms with Crippen LogP contribution in [0.3, 0.4) is 0 Å². The maximum absolute atomic E-state index is 4.65. The highest BCUT2D eigenvalue weighted by Crippen LogP contribution is 2.25. The van der Waals surface area contributed by atoms with Gasteiger partial charge in [0.1, 0.15) is 5.82 Å². The Bertz CT molecular complexity index is 535. The zero-order chi connectivity index (χ0) is 13.8. The predicted octanol–water partition coefficient (Wildman–Crippen LogP) is 2.41. The Labute approximate surface area is 113 Å². The predicted molar refractivity (Wildman–Crippen MR) is 78.6 cm³/mol. The van der Waals surface area contributed by atoms with E-state index in [0.29, 0.717) is 12.0 Å². The zero-order valence-corrected chi connectivity index (χ0v) is 12.1. The summed E-state index contributed by atoms with van der Waals surface area (Å²) >= 11 is 0.